The molecule has 0 atom stereocenters. The van der Waals surface area contributed by atoms with Crippen LogP contribution in [0.1, 0.15) is 11.4 Å². The molecule has 0 spiro atoms. The second-order valence-electron chi connectivity index (χ2n) is 5.09. The van der Waals surface area contributed by atoms with E-state index in [-0.39, 0.29) is 18.2 Å². The Morgan fingerprint density at radius 3 is 2.62 bits per heavy atom. The smallest absolute Gasteiger partial charge is 0.312 e. The van der Waals surface area contributed by atoms with Crippen molar-refractivity contribution in [3.05, 3.63) is 50.8 Å². The van der Waals surface area contributed by atoms with Crippen molar-refractivity contribution in [2.45, 2.75) is 20.4 Å². The largest absolute Gasteiger partial charge is 0.484 e. The molecule has 1 aromatic heterocycles. The highest BCUT2D eigenvalue weighted by atomic mass is 35.5. The number of rotatable bonds is 7. The third-order valence-electron chi connectivity index (χ3n) is 3.36. The van der Waals surface area contributed by atoms with E-state index in [9.17, 15) is 14.9 Å². The van der Waals surface area contributed by atoms with E-state index in [0.29, 0.717) is 35.2 Å². The number of hydrogen-bond donors (Lipinski definition) is 1. The summed E-state index contributed by atoms with van der Waals surface area (Å²) in [6, 6.07) is 6.68. The van der Waals surface area contributed by atoms with Gasteiger partial charge in [0.05, 0.1) is 11.5 Å². The van der Waals surface area contributed by atoms with E-state index in [1.165, 1.54) is 4.68 Å². The number of amides is 1. The zero-order chi connectivity index (χ0) is 17.7. The van der Waals surface area contributed by atoms with E-state index in [1.54, 1.807) is 38.1 Å². The fraction of sp³-hybridized carbons (Fsp3) is 0.333. The number of nitrogens with zero attached hydrogens (tertiary/aromatic N) is 3. The molecule has 9 heteroatoms. The summed E-state index contributed by atoms with van der Waals surface area (Å²) in [4.78, 5) is 22.2. The molecule has 0 unspecified atom stereocenters. The molecule has 1 amide bonds. The molecular formula is C15H17ClN4O4. The van der Waals surface area contributed by atoms with Crippen LogP contribution >= 0.6 is 11.6 Å². The van der Waals surface area contributed by atoms with Gasteiger partial charge in [-0.2, -0.15) is 5.10 Å². The maximum Gasteiger partial charge on any atom is 0.312 e. The highest BCUT2D eigenvalue weighted by molar-refractivity contribution is 6.30. The molecule has 2 aromatic rings. The van der Waals surface area contributed by atoms with Gasteiger partial charge in [0.2, 0.25) is 0 Å². The first-order valence-electron chi connectivity index (χ1n) is 7.22. The molecular weight excluding hydrogens is 336 g/mol. The minimum Gasteiger partial charge on any atom is -0.484 e. The van der Waals surface area contributed by atoms with E-state index in [1.807, 2.05) is 0 Å². The Morgan fingerprint density at radius 2 is 2.04 bits per heavy atom. The number of carbonyl (C=O) groups excluding carboxylic acids is 1. The van der Waals surface area contributed by atoms with Crippen LogP contribution in [-0.2, 0) is 11.3 Å². The van der Waals surface area contributed by atoms with Gasteiger partial charge in [-0.1, -0.05) is 11.6 Å². The van der Waals surface area contributed by atoms with Crippen molar-refractivity contribution in [2.24, 2.45) is 0 Å². The van der Waals surface area contributed by atoms with Gasteiger partial charge >= 0.3 is 5.69 Å². The van der Waals surface area contributed by atoms with Gasteiger partial charge in [-0.05, 0) is 38.1 Å². The number of carbonyl (C=O) groups is 1. The van der Waals surface area contributed by atoms with E-state index >= 15 is 0 Å². The Bertz CT molecular complexity index is 743. The van der Waals surface area contributed by atoms with E-state index in [0.717, 1.165) is 0 Å². The Kier molecular flexibility index (Phi) is 5.75. The number of ether oxygens (including phenoxy) is 1. The van der Waals surface area contributed by atoms with Crippen molar-refractivity contribution >= 4 is 23.2 Å². The van der Waals surface area contributed by atoms with Crippen LogP contribution in [0.25, 0.3) is 0 Å². The molecule has 8 nitrogen and oxygen atoms in total. The summed E-state index contributed by atoms with van der Waals surface area (Å²) in [5.74, 6) is 0.254. The van der Waals surface area contributed by atoms with Crippen molar-refractivity contribution < 1.29 is 14.5 Å². The van der Waals surface area contributed by atoms with Crippen LogP contribution in [0.3, 0.4) is 0 Å². The lowest BCUT2D eigenvalue weighted by Crippen LogP contribution is -2.32. The minimum atomic E-state index is -0.452. The van der Waals surface area contributed by atoms with Crippen LogP contribution in [-0.4, -0.2) is 33.8 Å². The van der Waals surface area contributed by atoms with Gasteiger partial charge in [-0.3, -0.25) is 19.6 Å². The summed E-state index contributed by atoms with van der Waals surface area (Å²) in [7, 11) is 0. The molecule has 24 heavy (non-hydrogen) atoms. The Morgan fingerprint density at radius 1 is 1.38 bits per heavy atom. The quantitative estimate of drug-likeness (QED) is 0.608. The summed E-state index contributed by atoms with van der Waals surface area (Å²) < 4.78 is 6.83. The average molecular weight is 353 g/mol. The molecule has 1 aromatic carbocycles. The number of halogens is 1. The lowest BCUT2D eigenvalue weighted by molar-refractivity contribution is -0.386. The predicted octanol–water partition coefficient (Wildman–Crippen LogP) is 2.26. The first-order chi connectivity index (χ1) is 11.4. The molecule has 1 heterocycles. The molecule has 0 saturated heterocycles. The maximum absolute atomic E-state index is 11.7. The van der Waals surface area contributed by atoms with Crippen LogP contribution in [0.15, 0.2) is 24.3 Å². The summed E-state index contributed by atoms with van der Waals surface area (Å²) in [5, 5.41) is 18.3. The van der Waals surface area contributed by atoms with E-state index in [2.05, 4.69) is 10.4 Å². The second-order valence-corrected chi connectivity index (χ2v) is 5.53. The summed E-state index contributed by atoms with van der Waals surface area (Å²) in [5.41, 5.74) is 0.825. The normalized spacial score (nSPS) is 10.5. The summed E-state index contributed by atoms with van der Waals surface area (Å²) in [6.07, 6.45) is 0. The third-order valence-corrected chi connectivity index (χ3v) is 3.61. The van der Waals surface area contributed by atoms with Crippen molar-refractivity contribution in [1.82, 2.24) is 15.1 Å². The number of nitrogens with one attached hydrogen (secondary N) is 1. The van der Waals surface area contributed by atoms with Crippen molar-refractivity contribution in [1.29, 1.82) is 0 Å². The van der Waals surface area contributed by atoms with Gasteiger partial charge in [-0.15, -0.1) is 0 Å². The number of aryl methyl sites for hydroxylation is 1. The van der Waals surface area contributed by atoms with Crippen LogP contribution in [0.5, 0.6) is 5.75 Å². The Balaban J connectivity index is 1.79. The second kappa shape index (κ2) is 7.78. The zero-order valence-corrected chi connectivity index (χ0v) is 14.0. The Hall–Kier alpha value is -2.61. The monoisotopic (exact) mass is 352 g/mol. The maximum atomic E-state index is 11.7. The van der Waals surface area contributed by atoms with Crippen molar-refractivity contribution in [3.63, 3.8) is 0 Å². The van der Waals surface area contributed by atoms with Gasteiger partial charge in [0.1, 0.15) is 17.1 Å². The van der Waals surface area contributed by atoms with Gasteiger partial charge < -0.3 is 10.1 Å². The number of benzene rings is 1. The number of aromatic nitrogens is 2. The highest BCUT2D eigenvalue weighted by Gasteiger charge is 2.21. The molecule has 128 valence electrons. The highest BCUT2D eigenvalue weighted by Crippen LogP contribution is 2.21. The molecule has 0 bridgehead atoms. The molecule has 0 radical (unpaired) electrons. The van der Waals surface area contributed by atoms with Gasteiger partial charge in [0.15, 0.2) is 6.61 Å². The predicted molar refractivity (Wildman–Crippen MR) is 88.3 cm³/mol. The molecule has 0 aliphatic heterocycles. The lowest BCUT2D eigenvalue weighted by atomic mass is 10.3. The molecule has 1 N–H and O–H groups in total. The topological polar surface area (TPSA) is 99.3 Å². The summed E-state index contributed by atoms with van der Waals surface area (Å²) in [6.45, 7) is 3.72. The lowest BCUT2D eigenvalue weighted by Gasteiger charge is -2.08. The SMILES string of the molecule is Cc1nn(CCNC(=O)COc2ccc(Cl)cc2)c(C)c1[N+](=O)[O-]. The van der Waals surface area contributed by atoms with Gasteiger partial charge in [0.25, 0.3) is 5.91 Å². The fourth-order valence-electron chi connectivity index (χ4n) is 2.20. The average Bonchev–Trinajstić information content (AvgIpc) is 2.81. The van der Waals surface area contributed by atoms with Crippen LogP contribution in [0.2, 0.25) is 5.02 Å². The van der Waals surface area contributed by atoms with Gasteiger partial charge in [0, 0.05) is 11.6 Å². The fourth-order valence-corrected chi connectivity index (χ4v) is 2.33. The third kappa shape index (κ3) is 4.45. The standard InChI is InChI=1S/C15H17ClN4O4/c1-10-15(20(22)23)11(2)19(18-10)8-7-17-14(21)9-24-13-5-3-12(16)4-6-13/h3-6H,7-9H2,1-2H3,(H,17,21). The van der Waals surface area contributed by atoms with Crippen LogP contribution in [0.4, 0.5) is 5.69 Å². The summed E-state index contributed by atoms with van der Waals surface area (Å²) >= 11 is 5.76. The van der Waals surface area contributed by atoms with E-state index < -0.39 is 4.92 Å². The van der Waals surface area contributed by atoms with Crippen LogP contribution in [0, 0.1) is 24.0 Å². The Labute approximate surface area is 143 Å². The molecule has 0 fully saturated rings. The zero-order valence-electron chi connectivity index (χ0n) is 13.3. The molecule has 2 rings (SSSR count). The number of hydrogen-bond acceptors (Lipinski definition) is 5. The van der Waals surface area contributed by atoms with Crippen molar-refractivity contribution in [2.75, 3.05) is 13.2 Å². The van der Waals surface area contributed by atoms with Crippen molar-refractivity contribution in [3.8, 4) is 5.75 Å². The molecule has 0 aliphatic carbocycles. The first kappa shape index (κ1) is 17.7. The van der Waals surface area contributed by atoms with Crippen LogP contribution < -0.4 is 10.1 Å². The number of nitro groups is 1. The molecule has 0 aliphatic rings. The molecule has 0 saturated carbocycles. The first-order valence-corrected chi connectivity index (χ1v) is 7.59. The van der Waals surface area contributed by atoms with E-state index in [4.69, 9.17) is 16.3 Å². The van der Waals surface area contributed by atoms with Gasteiger partial charge in [-0.25, -0.2) is 0 Å². The minimum absolute atomic E-state index is 0.00685.